The molecule has 1 heterocycles. The van der Waals surface area contributed by atoms with Crippen LogP contribution >= 0.6 is 11.6 Å². The van der Waals surface area contributed by atoms with Gasteiger partial charge in [0, 0.05) is 38.3 Å². The van der Waals surface area contributed by atoms with Crippen molar-refractivity contribution >= 4 is 23.3 Å². The number of urea groups is 1. The summed E-state index contributed by atoms with van der Waals surface area (Å²) in [7, 11) is 1.69. The van der Waals surface area contributed by atoms with Gasteiger partial charge in [-0.05, 0) is 18.2 Å². The molecule has 132 valence electrons. The van der Waals surface area contributed by atoms with E-state index in [4.69, 9.17) is 16.3 Å². The first-order chi connectivity index (χ1) is 12.2. The third-order valence-electron chi connectivity index (χ3n) is 4.36. The number of hydrogen-bond donors (Lipinski definition) is 1. The summed E-state index contributed by atoms with van der Waals surface area (Å²) >= 11 is 6.10. The molecule has 0 aliphatic carbocycles. The second kappa shape index (κ2) is 8.23. The molecule has 2 amide bonds. The quantitative estimate of drug-likeness (QED) is 0.905. The molecule has 0 atom stereocenters. The van der Waals surface area contributed by atoms with Gasteiger partial charge in [-0.1, -0.05) is 41.9 Å². The van der Waals surface area contributed by atoms with Gasteiger partial charge in [0.25, 0.3) is 0 Å². The molecule has 2 aromatic carbocycles. The number of nitrogens with one attached hydrogen (secondary N) is 1. The van der Waals surface area contributed by atoms with E-state index in [1.54, 1.807) is 19.2 Å². The number of carbonyl (C=O) groups excluding carboxylic acids is 1. The molecule has 25 heavy (non-hydrogen) atoms. The summed E-state index contributed by atoms with van der Waals surface area (Å²) in [5.74, 6) is 0.904. The van der Waals surface area contributed by atoms with Gasteiger partial charge >= 0.3 is 6.03 Å². The first kappa shape index (κ1) is 17.6. The van der Waals surface area contributed by atoms with Crippen LogP contribution in [-0.2, 0) is 6.54 Å². The van der Waals surface area contributed by atoms with Crippen molar-refractivity contribution in [2.45, 2.75) is 6.54 Å². The topological polar surface area (TPSA) is 44.8 Å². The fourth-order valence-corrected chi connectivity index (χ4v) is 3.12. The highest BCUT2D eigenvalue weighted by atomic mass is 35.5. The van der Waals surface area contributed by atoms with E-state index in [-0.39, 0.29) is 6.03 Å². The van der Waals surface area contributed by atoms with Gasteiger partial charge in [0.05, 0.1) is 17.8 Å². The minimum absolute atomic E-state index is 0.106. The summed E-state index contributed by atoms with van der Waals surface area (Å²) in [6.45, 7) is 3.85. The van der Waals surface area contributed by atoms with E-state index in [1.165, 1.54) is 5.56 Å². The van der Waals surface area contributed by atoms with Crippen molar-refractivity contribution in [2.24, 2.45) is 0 Å². The molecule has 1 N–H and O–H groups in total. The van der Waals surface area contributed by atoms with Crippen LogP contribution in [0.25, 0.3) is 0 Å². The molecule has 0 saturated carbocycles. The Bertz CT molecular complexity index is 730. The highest BCUT2D eigenvalue weighted by molar-refractivity contribution is 6.33. The van der Waals surface area contributed by atoms with E-state index in [0.29, 0.717) is 23.8 Å². The monoisotopic (exact) mass is 359 g/mol. The molecule has 1 aliphatic rings. The van der Waals surface area contributed by atoms with Gasteiger partial charge in [-0.15, -0.1) is 0 Å². The summed E-state index contributed by atoms with van der Waals surface area (Å²) in [5, 5.41) is 3.43. The molecular weight excluding hydrogens is 338 g/mol. The number of amides is 2. The normalized spacial score (nSPS) is 15.0. The number of nitrogens with zero attached hydrogens (tertiary/aromatic N) is 2. The van der Waals surface area contributed by atoms with E-state index in [1.807, 2.05) is 35.2 Å². The van der Waals surface area contributed by atoms with E-state index in [9.17, 15) is 4.79 Å². The van der Waals surface area contributed by atoms with Crippen LogP contribution in [0.15, 0.2) is 48.5 Å². The van der Waals surface area contributed by atoms with E-state index in [2.05, 4.69) is 16.3 Å². The lowest BCUT2D eigenvalue weighted by atomic mass is 10.1. The van der Waals surface area contributed by atoms with Gasteiger partial charge < -0.3 is 15.0 Å². The zero-order valence-corrected chi connectivity index (χ0v) is 15.0. The first-order valence-electron chi connectivity index (χ1n) is 8.32. The number of rotatable bonds is 4. The maximum Gasteiger partial charge on any atom is 0.321 e. The van der Waals surface area contributed by atoms with E-state index in [0.717, 1.165) is 25.4 Å². The Morgan fingerprint density at radius 1 is 1.08 bits per heavy atom. The second-order valence-electron chi connectivity index (χ2n) is 5.99. The molecule has 6 heteroatoms. The van der Waals surface area contributed by atoms with Crippen molar-refractivity contribution < 1.29 is 9.53 Å². The predicted octanol–water partition coefficient (Wildman–Crippen LogP) is 3.70. The smallest absolute Gasteiger partial charge is 0.321 e. The van der Waals surface area contributed by atoms with Crippen LogP contribution < -0.4 is 10.1 Å². The van der Waals surface area contributed by atoms with Crippen molar-refractivity contribution in [3.8, 4) is 5.75 Å². The zero-order valence-electron chi connectivity index (χ0n) is 14.2. The minimum atomic E-state index is -0.106. The lowest BCUT2D eigenvalue weighted by Gasteiger charge is -2.35. The number of carbonyl (C=O) groups is 1. The maximum atomic E-state index is 12.4. The molecule has 0 radical (unpaired) electrons. The Hall–Kier alpha value is -2.24. The highest BCUT2D eigenvalue weighted by Crippen LogP contribution is 2.22. The van der Waals surface area contributed by atoms with Crippen LogP contribution in [0.1, 0.15) is 5.56 Å². The molecule has 5 nitrogen and oxygen atoms in total. The molecule has 1 saturated heterocycles. The van der Waals surface area contributed by atoms with Crippen molar-refractivity contribution in [1.82, 2.24) is 9.80 Å². The Labute approximate surface area is 153 Å². The summed E-state index contributed by atoms with van der Waals surface area (Å²) < 4.78 is 5.41. The molecular formula is C19H22ClN3O2. The average Bonchev–Trinajstić information content (AvgIpc) is 2.64. The van der Waals surface area contributed by atoms with Crippen molar-refractivity contribution in [3.63, 3.8) is 0 Å². The number of methoxy groups -OCH3 is 1. The van der Waals surface area contributed by atoms with Crippen LogP contribution in [-0.4, -0.2) is 49.1 Å². The standard InChI is InChI=1S/C19H22ClN3O2/c1-25-18-9-5-2-6-15(18)14-22-10-12-23(13-11-22)19(24)21-17-8-4-3-7-16(17)20/h2-9H,10-14H2,1H3,(H,21,24). The van der Waals surface area contributed by atoms with Gasteiger partial charge in [0.1, 0.15) is 5.75 Å². The number of ether oxygens (including phenoxy) is 1. The largest absolute Gasteiger partial charge is 0.496 e. The van der Waals surface area contributed by atoms with Crippen LogP contribution in [0, 0.1) is 0 Å². The molecule has 0 spiro atoms. The Morgan fingerprint density at radius 2 is 1.76 bits per heavy atom. The number of piperazine rings is 1. The highest BCUT2D eigenvalue weighted by Gasteiger charge is 2.22. The first-order valence-corrected chi connectivity index (χ1v) is 8.70. The lowest BCUT2D eigenvalue weighted by Crippen LogP contribution is -2.49. The molecule has 0 bridgehead atoms. The SMILES string of the molecule is COc1ccccc1CN1CCN(C(=O)Nc2ccccc2Cl)CC1. The average molecular weight is 360 g/mol. The van der Waals surface area contributed by atoms with Gasteiger partial charge in [0.2, 0.25) is 0 Å². The lowest BCUT2D eigenvalue weighted by molar-refractivity contribution is 0.142. The predicted molar refractivity (Wildman–Crippen MR) is 100 cm³/mol. The molecule has 1 aliphatic heterocycles. The third kappa shape index (κ3) is 4.44. The fraction of sp³-hybridized carbons (Fsp3) is 0.316. The number of benzene rings is 2. The van der Waals surface area contributed by atoms with E-state index >= 15 is 0 Å². The second-order valence-corrected chi connectivity index (χ2v) is 6.39. The van der Waals surface area contributed by atoms with E-state index < -0.39 is 0 Å². The third-order valence-corrected chi connectivity index (χ3v) is 4.69. The minimum Gasteiger partial charge on any atom is -0.496 e. The van der Waals surface area contributed by atoms with Crippen LogP contribution in [0.4, 0.5) is 10.5 Å². The van der Waals surface area contributed by atoms with Gasteiger partial charge in [-0.2, -0.15) is 0 Å². The van der Waals surface area contributed by atoms with Crippen molar-refractivity contribution in [3.05, 3.63) is 59.1 Å². The number of hydrogen-bond acceptors (Lipinski definition) is 3. The molecule has 2 aromatic rings. The fourth-order valence-electron chi connectivity index (χ4n) is 2.94. The number of anilines is 1. The van der Waals surface area contributed by atoms with Gasteiger partial charge in [0.15, 0.2) is 0 Å². The number of para-hydroxylation sites is 2. The van der Waals surface area contributed by atoms with Crippen LogP contribution in [0.3, 0.4) is 0 Å². The Balaban J connectivity index is 1.53. The van der Waals surface area contributed by atoms with Crippen LogP contribution in [0.2, 0.25) is 5.02 Å². The molecule has 0 unspecified atom stereocenters. The summed E-state index contributed by atoms with van der Waals surface area (Å²) in [6.07, 6.45) is 0. The Kier molecular flexibility index (Phi) is 5.79. The molecule has 0 aromatic heterocycles. The summed E-state index contributed by atoms with van der Waals surface area (Å²) in [6, 6.07) is 15.2. The molecule has 3 rings (SSSR count). The maximum absolute atomic E-state index is 12.4. The van der Waals surface area contributed by atoms with Crippen molar-refractivity contribution in [1.29, 1.82) is 0 Å². The van der Waals surface area contributed by atoms with Crippen LogP contribution in [0.5, 0.6) is 5.75 Å². The summed E-state index contributed by atoms with van der Waals surface area (Å²) in [5.41, 5.74) is 1.81. The van der Waals surface area contributed by atoms with Gasteiger partial charge in [-0.3, -0.25) is 4.90 Å². The van der Waals surface area contributed by atoms with Gasteiger partial charge in [-0.25, -0.2) is 4.79 Å². The summed E-state index contributed by atoms with van der Waals surface area (Å²) in [4.78, 5) is 16.6. The van der Waals surface area contributed by atoms with Crippen molar-refractivity contribution in [2.75, 3.05) is 38.6 Å². The zero-order chi connectivity index (χ0) is 17.6. The number of halogens is 1. The Morgan fingerprint density at radius 3 is 2.48 bits per heavy atom. The molecule has 1 fully saturated rings.